The van der Waals surface area contributed by atoms with Gasteiger partial charge in [-0.25, -0.2) is 13.6 Å². The van der Waals surface area contributed by atoms with Crippen molar-refractivity contribution in [3.63, 3.8) is 0 Å². The van der Waals surface area contributed by atoms with E-state index in [-0.39, 0.29) is 41.7 Å². The molecule has 2 aromatic carbocycles. The van der Waals surface area contributed by atoms with Gasteiger partial charge in [-0.3, -0.25) is 4.99 Å². The molecule has 0 bridgehead atoms. The molecule has 0 aliphatic carbocycles. The molecule has 31 heavy (non-hydrogen) atoms. The van der Waals surface area contributed by atoms with Gasteiger partial charge in [0.1, 0.15) is 17.3 Å². The summed E-state index contributed by atoms with van der Waals surface area (Å²) in [5, 5.41) is 6.56. The van der Waals surface area contributed by atoms with Gasteiger partial charge < -0.3 is 20.3 Å². The second-order valence-electron chi connectivity index (χ2n) is 7.08. The van der Waals surface area contributed by atoms with Gasteiger partial charge in [-0.15, -0.1) is 24.0 Å². The third kappa shape index (κ3) is 6.52. The third-order valence-corrected chi connectivity index (χ3v) is 5.09. The first kappa shape index (κ1) is 24.8. The quantitative estimate of drug-likeness (QED) is 0.253. The molecule has 0 spiro atoms. The summed E-state index contributed by atoms with van der Waals surface area (Å²) in [6, 6.07) is 11.2. The lowest BCUT2D eigenvalue weighted by atomic mass is 10.1. The molecule has 1 saturated heterocycles. The summed E-state index contributed by atoms with van der Waals surface area (Å²) in [5.74, 6) is -0.806. The predicted molar refractivity (Wildman–Crippen MR) is 128 cm³/mol. The van der Waals surface area contributed by atoms with Gasteiger partial charge >= 0.3 is 5.97 Å². The number of para-hydroxylation sites is 1. The van der Waals surface area contributed by atoms with Crippen molar-refractivity contribution in [2.45, 2.75) is 18.9 Å². The van der Waals surface area contributed by atoms with E-state index in [0.29, 0.717) is 31.2 Å². The zero-order valence-corrected chi connectivity index (χ0v) is 19.9. The van der Waals surface area contributed by atoms with E-state index in [1.807, 2.05) is 12.1 Å². The van der Waals surface area contributed by atoms with Gasteiger partial charge in [-0.05, 0) is 42.7 Å². The number of halogens is 3. The van der Waals surface area contributed by atoms with Crippen LogP contribution in [-0.4, -0.2) is 51.8 Å². The maximum Gasteiger partial charge on any atom is 0.337 e. The van der Waals surface area contributed by atoms with Crippen molar-refractivity contribution in [2.24, 2.45) is 4.99 Å². The number of hydrogen-bond donors (Lipinski definition) is 2. The molecule has 1 aliphatic rings. The number of carbonyl (C=O) groups is 1. The maximum absolute atomic E-state index is 14.0. The molecule has 2 aromatic rings. The molecule has 1 fully saturated rings. The molecule has 0 amide bonds. The average Bonchev–Trinajstić information content (AvgIpc) is 3.20. The van der Waals surface area contributed by atoms with E-state index in [2.05, 4.69) is 15.6 Å². The van der Waals surface area contributed by atoms with Gasteiger partial charge in [0.25, 0.3) is 0 Å². The molecule has 3 rings (SSSR count). The second-order valence-corrected chi connectivity index (χ2v) is 7.08. The Morgan fingerprint density at radius 3 is 2.48 bits per heavy atom. The molecule has 1 unspecified atom stereocenters. The van der Waals surface area contributed by atoms with E-state index in [0.717, 1.165) is 18.4 Å². The first-order chi connectivity index (χ1) is 14.5. The van der Waals surface area contributed by atoms with Gasteiger partial charge in [0.2, 0.25) is 0 Å². The summed E-state index contributed by atoms with van der Waals surface area (Å²) in [6.45, 7) is 1.71. The van der Waals surface area contributed by atoms with Crippen molar-refractivity contribution in [3.8, 4) is 0 Å². The lowest BCUT2D eigenvalue weighted by Crippen LogP contribution is -2.45. The van der Waals surface area contributed by atoms with Crippen molar-refractivity contribution in [3.05, 3.63) is 65.2 Å². The highest BCUT2D eigenvalue weighted by atomic mass is 127. The van der Waals surface area contributed by atoms with E-state index < -0.39 is 11.6 Å². The van der Waals surface area contributed by atoms with E-state index in [4.69, 9.17) is 4.74 Å². The Balaban J connectivity index is 0.00000341. The van der Waals surface area contributed by atoms with Crippen LogP contribution in [0.25, 0.3) is 0 Å². The van der Waals surface area contributed by atoms with Crippen LogP contribution in [0.1, 0.15) is 22.3 Å². The van der Waals surface area contributed by atoms with Crippen molar-refractivity contribution < 1.29 is 18.3 Å². The zero-order chi connectivity index (χ0) is 21.5. The Kier molecular flexibility index (Phi) is 9.47. The summed E-state index contributed by atoms with van der Waals surface area (Å²) in [7, 11) is 3.04. The number of methoxy groups -OCH3 is 1. The highest BCUT2D eigenvalue weighted by Gasteiger charge is 2.27. The summed E-state index contributed by atoms with van der Waals surface area (Å²) in [4.78, 5) is 17.4. The van der Waals surface area contributed by atoms with Gasteiger partial charge in [0.05, 0.1) is 12.7 Å². The molecule has 1 atom stereocenters. The number of aliphatic imine (C=N–C) groups is 1. The van der Waals surface area contributed by atoms with Crippen molar-refractivity contribution in [2.75, 3.05) is 38.7 Å². The number of ether oxygens (including phenoxy) is 1. The lowest BCUT2D eigenvalue weighted by Gasteiger charge is -2.21. The van der Waals surface area contributed by atoms with Gasteiger partial charge in [0, 0.05) is 32.7 Å². The summed E-state index contributed by atoms with van der Waals surface area (Å²) in [5.41, 5.74) is 1.62. The molecule has 168 valence electrons. The molecule has 6 nitrogen and oxygen atoms in total. The van der Waals surface area contributed by atoms with E-state index >= 15 is 0 Å². The van der Waals surface area contributed by atoms with Crippen LogP contribution in [0.15, 0.2) is 47.5 Å². The molecule has 2 N–H and O–H groups in total. The van der Waals surface area contributed by atoms with Crippen LogP contribution >= 0.6 is 24.0 Å². The minimum absolute atomic E-state index is 0. The fourth-order valence-corrected chi connectivity index (χ4v) is 3.51. The van der Waals surface area contributed by atoms with Crippen molar-refractivity contribution >= 4 is 41.6 Å². The topological polar surface area (TPSA) is 66.0 Å². The van der Waals surface area contributed by atoms with Crippen molar-refractivity contribution in [1.29, 1.82) is 0 Å². The minimum atomic E-state index is -0.545. The lowest BCUT2D eigenvalue weighted by molar-refractivity contribution is 0.0600. The van der Waals surface area contributed by atoms with Crippen LogP contribution in [0.5, 0.6) is 0 Å². The standard InChI is InChI=1S/C22H26F2N4O2.HI/c1-25-22(26-12-10-15-6-8-16(9-7-15)21(29)30-2)27-17-11-13-28(14-17)20-18(23)4-3-5-19(20)24;/h3-9,17H,10-14H2,1-2H3,(H2,25,26,27);1H. The number of hydrogen-bond acceptors (Lipinski definition) is 4. The number of esters is 1. The fraction of sp³-hybridized carbons (Fsp3) is 0.364. The smallest absolute Gasteiger partial charge is 0.337 e. The Bertz CT molecular complexity index is 889. The Labute approximate surface area is 198 Å². The Hall–Kier alpha value is -2.43. The van der Waals surface area contributed by atoms with Gasteiger partial charge in [-0.1, -0.05) is 18.2 Å². The highest BCUT2D eigenvalue weighted by Crippen LogP contribution is 2.26. The first-order valence-corrected chi connectivity index (χ1v) is 9.85. The molecule has 9 heteroatoms. The van der Waals surface area contributed by atoms with E-state index in [1.165, 1.54) is 25.3 Å². The second kappa shape index (κ2) is 11.8. The minimum Gasteiger partial charge on any atom is -0.465 e. The first-order valence-electron chi connectivity index (χ1n) is 9.85. The Morgan fingerprint density at radius 2 is 1.87 bits per heavy atom. The molecule has 1 aliphatic heterocycles. The van der Waals surface area contributed by atoms with Crippen LogP contribution < -0.4 is 15.5 Å². The zero-order valence-electron chi connectivity index (χ0n) is 17.5. The molecule has 0 saturated carbocycles. The largest absolute Gasteiger partial charge is 0.465 e. The van der Waals surface area contributed by atoms with E-state index in [9.17, 15) is 13.6 Å². The number of benzene rings is 2. The normalized spacial score (nSPS) is 15.9. The Morgan fingerprint density at radius 1 is 1.19 bits per heavy atom. The maximum atomic E-state index is 14.0. The molecule has 1 heterocycles. The highest BCUT2D eigenvalue weighted by molar-refractivity contribution is 14.0. The van der Waals surface area contributed by atoms with Gasteiger partial charge in [0.15, 0.2) is 5.96 Å². The number of anilines is 1. The van der Waals surface area contributed by atoms with Gasteiger partial charge in [-0.2, -0.15) is 0 Å². The number of nitrogens with one attached hydrogen (secondary N) is 2. The SMILES string of the molecule is CN=C(NCCc1ccc(C(=O)OC)cc1)NC1CCN(c2c(F)cccc2F)C1.I. The van der Waals surface area contributed by atoms with Crippen LogP contribution in [-0.2, 0) is 11.2 Å². The molecular weight excluding hydrogens is 517 g/mol. The molecular formula is C22H27F2IN4O2. The summed E-state index contributed by atoms with van der Waals surface area (Å²) in [6.07, 6.45) is 1.50. The summed E-state index contributed by atoms with van der Waals surface area (Å²) < 4.78 is 32.7. The van der Waals surface area contributed by atoms with Crippen molar-refractivity contribution in [1.82, 2.24) is 10.6 Å². The third-order valence-electron chi connectivity index (χ3n) is 5.09. The van der Waals surface area contributed by atoms with Crippen LogP contribution in [0.4, 0.5) is 14.5 Å². The fourth-order valence-electron chi connectivity index (χ4n) is 3.51. The number of carbonyl (C=O) groups excluding carboxylic acids is 1. The van der Waals surface area contributed by atoms with Crippen LogP contribution in [0.3, 0.4) is 0 Å². The predicted octanol–water partition coefficient (Wildman–Crippen LogP) is 3.36. The van der Waals surface area contributed by atoms with Crippen LogP contribution in [0, 0.1) is 11.6 Å². The number of guanidine groups is 1. The number of nitrogens with zero attached hydrogens (tertiary/aromatic N) is 2. The number of rotatable bonds is 6. The summed E-state index contributed by atoms with van der Waals surface area (Å²) >= 11 is 0. The molecule has 0 aromatic heterocycles. The average molecular weight is 544 g/mol. The molecule has 0 radical (unpaired) electrons. The van der Waals surface area contributed by atoms with Crippen LogP contribution in [0.2, 0.25) is 0 Å². The van der Waals surface area contributed by atoms with E-state index in [1.54, 1.807) is 24.1 Å². The monoisotopic (exact) mass is 544 g/mol.